The molecule has 0 fully saturated rings. The number of anilines is 1. The van der Waals surface area contributed by atoms with E-state index in [1.165, 1.54) is 12.3 Å². The highest BCUT2D eigenvalue weighted by atomic mass is 16.6. The second-order valence-electron chi connectivity index (χ2n) is 3.77. The molecule has 0 unspecified atom stereocenters. The Labute approximate surface area is 88.7 Å². The molecule has 5 nitrogen and oxygen atoms in total. The van der Waals surface area contributed by atoms with E-state index < -0.39 is 4.92 Å². The molecular weight excluding hydrogens is 194 g/mol. The summed E-state index contributed by atoms with van der Waals surface area (Å²) in [5, 5.41) is 13.5. The lowest BCUT2D eigenvalue weighted by Gasteiger charge is -2.06. The van der Waals surface area contributed by atoms with Crippen molar-refractivity contribution < 1.29 is 4.92 Å². The molecule has 82 valence electrons. The Morgan fingerprint density at radius 3 is 2.73 bits per heavy atom. The van der Waals surface area contributed by atoms with Crippen LogP contribution in [0, 0.1) is 16.0 Å². The summed E-state index contributed by atoms with van der Waals surface area (Å²) in [6.07, 6.45) is 2.32. The molecule has 1 rings (SSSR count). The predicted octanol–water partition coefficient (Wildman–Crippen LogP) is 2.45. The zero-order valence-electron chi connectivity index (χ0n) is 8.93. The Kier molecular flexibility index (Phi) is 4.03. The molecule has 0 atom stereocenters. The molecule has 0 bridgehead atoms. The van der Waals surface area contributed by atoms with Crippen LogP contribution in [0.15, 0.2) is 18.3 Å². The van der Waals surface area contributed by atoms with Crippen molar-refractivity contribution in [3.05, 3.63) is 28.4 Å². The van der Waals surface area contributed by atoms with Gasteiger partial charge in [-0.25, -0.2) is 4.98 Å². The minimum absolute atomic E-state index is 0.0180. The Bertz CT molecular complexity index is 322. The highest BCUT2D eigenvalue weighted by Gasteiger charge is 2.04. The van der Waals surface area contributed by atoms with Gasteiger partial charge in [-0.15, -0.1) is 0 Å². The third-order valence-corrected chi connectivity index (χ3v) is 1.99. The molecule has 5 heteroatoms. The molecule has 1 aromatic rings. The van der Waals surface area contributed by atoms with Crippen molar-refractivity contribution in [2.24, 2.45) is 5.92 Å². The molecule has 0 aliphatic rings. The van der Waals surface area contributed by atoms with Gasteiger partial charge >= 0.3 is 0 Å². The molecule has 0 saturated carbocycles. The van der Waals surface area contributed by atoms with Gasteiger partial charge in [0.2, 0.25) is 0 Å². The van der Waals surface area contributed by atoms with Crippen LogP contribution in [0.25, 0.3) is 0 Å². The fraction of sp³-hybridized carbons (Fsp3) is 0.500. The molecule has 0 amide bonds. The predicted molar refractivity (Wildman–Crippen MR) is 58.8 cm³/mol. The van der Waals surface area contributed by atoms with E-state index in [1.54, 1.807) is 6.07 Å². The average Bonchev–Trinajstić information content (AvgIpc) is 2.18. The van der Waals surface area contributed by atoms with Gasteiger partial charge < -0.3 is 5.32 Å². The van der Waals surface area contributed by atoms with Crippen LogP contribution in [-0.2, 0) is 0 Å². The van der Waals surface area contributed by atoms with E-state index >= 15 is 0 Å². The first-order valence-electron chi connectivity index (χ1n) is 4.94. The van der Waals surface area contributed by atoms with Gasteiger partial charge in [0, 0.05) is 12.6 Å². The van der Waals surface area contributed by atoms with Crippen molar-refractivity contribution in [2.45, 2.75) is 20.3 Å². The molecule has 0 radical (unpaired) electrons. The zero-order chi connectivity index (χ0) is 11.3. The van der Waals surface area contributed by atoms with E-state index in [-0.39, 0.29) is 5.69 Å². The molecule has 1 N–H and O–H groups in total. The zero-order valence-corrected chi connectivity index (χ0v) is 8.93. The Morgan fingerprint density at radius 1 is 1.53 bits per heavy atom. The smallest absolute Gasteiger partial charge is 0.287 e. The highest BCUT2D eigenvalue weighted by Crippen LogP contribution is 2.11. The minimum Gasteiger partial charge on any atom is -0.370 e. The van der Waals surface area contributed by atoms with Gasteiger partial charge in [0.15, 0.2) is 0 Å². The second-order valence-corrected chi connectivity index (χ2v) is 3.77. The number of hydrogen-bond acceptors (Lipinski definition) is 4. The fourth-order valence-corrected chi connectivity index (χ4v) is 1.09. The standard InChI is InChI=1S/C10H15N3O2/c1-8(2)5-6-11-10-4-3-9(7-12-10)13(14)15/h3-4,7-8H,5-6H2,1-2H3,(H,11,12). The van der Waals surface area contributed by atoms with Gasteiger partial charge in [0.1, 0.15) is 12.0 Å². The molecule has 0 aliphatic carbocycles. The van der Waals surface area contributed by atoms with Crippen LogP contribution >= 0.6 is 0 Å². The Balaban J connectivity index is 2.46. The van der Waals surface area contributed by atoms with E-state index in [1.807, 2.05) is 0 Å². The molecule has 0 spiro atoms. The summed E-state index contributed by atoms with van der Waals surface area (Å²) in [7, 11) is 0. The highest BCUT2D eigenvalue weighted by molar-refractivity contribution is 5.39. The topological polar surface area (TPSA) is 68.1 Å². The quantitative estimate of drug-likeness (QED) is 0.597. The molecule has 1 aromatic heterocycles. The van der Waals surface area contributed by atoms with Crippen LogP contribution in [0.3, 0.4) is 0 Å². The van der Waals surface area contributed by atoms with Crippen LogP contribution in [0.4, 0.5) is 11.5 Å². The number of aromatic nitrogens is 1. The maximum atomic E-state index is 10.4. The fourth-order valence-electron chi connectivity index (χ4n) is 1.09. The summed E-state index contributed by atoms with van der Waals surface area (Å²) >= 11 is 0. The molecule has 0 aliphatic heterocycles. The van der Waals surface area contributed by atoms with Gasteiger partial charge in [-0.1, -0.05) is 13.8 Å². The number of pyridine rings is 1. The maximum absolute atomic E-state index is 10.4. The number of nitrogens with zero attached hydrogens (tertiary/aromatic N) is 2. The summed E-state index contributed by atoms with van der Waals surface area (Å²) < 4.78 is 0. The SMILES string of the molecule is CC(C)CCNc1ccc([N+](=O)[O-])cn1. The van der Waals surface area contributed by atoms with Gasteiger partial charge in [-0.05, 0) is 18.4 Å². The lowest BCUT2D eigenvalue weighted by molar-refractivity contribution is -0.385. The summed E-state index contributed by atoms with van der Waals surface area (Å²) in [4.78, 5) is 13.9. The molecule has 15 heavy (non-hydrogen) atoms. The first kappa shape index (κ1) is 11.4. The lowest BCUT2D eigenvalue weighted by Crippen LogP contribution is -2.06. The monoisotopic (exact) mass is 209 g/mol. The van der Waals surface area contributed by atoms with E-state index in [0.717, 1.165) is 13.0 Å². The normalized spacial score (nSPS) is 10.3. The van der Waals surface area contributed by atoms with Crippen molar-refractivity contribution in [3.8, 4) is 0 Å². The van der Waals surface area contributed by atoms with Gasteiger partial charge in [-0.3, -0.25) is 10.1 Å². The van der Waals surface area contributed by atoms with Crippen molar-refractivity contribution in [2.75, 3.05) is 11.9 Å². The average molecular weight is 209 g/mol. The van der Waals surface area contributed by atoms with Crippen LogP contribution in [0.2, 0.25) is 0 Å². The molecule has 1 heterocycles. The number of hydrogen-bond donors (Lipinski definition) is 1. The second kappa shape index (κ2) is 5.29. The van der Waals surface area contributed by atoms with Crippen molar-refractivity contribution in [1.82, 2.24) is 4.98 Å². The van der Waals surface area contributed by atoms with Crippen molar-refractivity contribution >= 4 is 11.5 Å². The summed E-state index contributed by atoms with van der Waals surface area (Å²) in [5.74, 6) is 1.32. The maximum Gasteiger partial charge on any atom is 0.287 e. The lowest BCUT2D eigenvalue weighted by atomic mass is 10.1. The van der Waals surface area contributed by atoms with Crippen molar-refractivity contribution in [3.63, 3.8) is 0 Å². The van der Waals surface area contributed by atoms with Gasteiger partial charge in [-0.2, -0.15) is 0 Å². The third kappa shape index (κ3) is 3.93. The molecular formula is C10H15N3O2. The van der Waals surface area contributed by atoms with E-state index in [4.69, 9.17) is 0 Å². The van der Waals surface area contributed by atoms with Gasteiger partial charge in [0.25, 0.3) is 5.69 Å². The van der Waals surface area contributed by atoms with Crippen LogP contribution < -0.4 is 5.32 Å². The minimum atomic E-state index is -0.453. The van der Waals surface area contributed by atoms with E-state index in [2.05, 4.69) is 24.1 Å². The number of rotatable bonds is 5. The summed E-state index contributed by atoms with van der Waals surface area (Å²) in [5.41, 5.74) is 0.0180. The Morgan fingerprint density at radius 2 is 2.27 bits per heavy atom. The van der Waals surface area contributed by atoms with Crippen LogP contribution in [0.1, 0.15) is 20.3 Å². The van der Waals surface area contributed by atoms with Gasteiger partial charge in [0.05, 0.1) is 4.92 Å². The molecule has 0 saturated heterocycles. The Hall–Kier alpha value is -1.65. The van der Waals surface area contributed by atoms with Crippen LogP contribution in [0.5, 0.6) is 0 Å². The van der Waals surface area contributed by atoms with E-state index in [0.29, 0.717) is 11.7 Å². The summed E-state index contributed by atoms with van der Waals surface area (Å²) in [6.45, 7) is 5.12. The first-order chi connectivity index (χ1) is 7.09. The third-order valence-electron chi connectivity index (χ3n) is 1.99. The van der Waals surface area contributed by atoms with Crippen LogP contribution in [-0.4, -0.2) is 16.5 Å². The molecule has 0 aromatic carbocycles. The number of nitro groups is 1. The van der Waals surface area contributed by atoms with Crippen molar-refractivity contribution in [1.29, 1.82) is 0 Å². The first-order valence-corrected chi connectivity index (χ1v) is 4.94. The summed E-state index contributed by atoms with van der Waals surface area (Å²) in [6, 6.07) is 3.07. The van der Waals surface area contributed by atoms with E-state index in [9.17, 15) is 10.1 Å². The number of nitrogens with one attached hydrogen (secondary N) is 1. The largest absolute Gasteiger partial charge is 0.370 e.